The van der Waals surface area contributed by atoms with Gasteiger partial charge in [-0.25, -0.2) is 9.97 Å². The Balaban J connectivity index is 2.03. The van der Waals surface area contributed by atoms with E-state index in [0.29, 0.717) is 38.3 Å². The predicted octanol–water partition coefficient (Wildman–Crippen LogP) is 1.79. The van der Waals surface area contributed by atoms with Gasteiger partial charge in [0.2, 0.25) is 5.95 Å². The lowest BCUT2D eigenvalue weighted by atomic mass is 10.2. The number of halogens is 3. The van der Waals surface area contributed by atoms with Gasteiger partial charge in [0, 0.05) is 44.5 Å². The second-order valence-electron chi connectivity index (χ2n) is 5.26. The molecule has 124 valence electrons. The van der Waals surface area contributed by atoms with Crippen LogP contribution < -0.4 is 10.2 Å². The summed E-state index contributed by atoms with van der Waals surface area (Å²) in [5.41, 5.74) is -0.142. The number of nitrogens with one attached hydrogen (secondary N) is 1. The minimum Gasteiger partial charge on any atom is -0.338 e. The molecule has 23 heavy (non-hydrogen) atoms. The molecule has 9 heteroatoms. The van der Waals surface area contributed by atoms with Crippen LogP contribution in [0.25, 0.3) is 11.3 Å². The number of nitrogens with zero attached hydrogens (tertiary/aromatic N) is 5. The van der Waals surface area contributed by atoms with Crippen molar-refractivity contribution in [3.05, 3.63) is 24.2 Å². The van der Waals surface area contributed by atoms with Crippen LogP contribution in [0.15, 0.2) is 18.5 Å². The fourth-order valence-electron chi connectivity index (χ4n) is 2.40. The third-order valence-corrected chi connectivity index (χ3v) is 3.66. The molecule has 0 aromatic carbocycles. The number of piperazine rings is 1. The van der Waals surface area contributed by atoms with Crippen molar-refractivity contribution < 1.29 is 13.2 Å². The average Bonchev–Trinajstić information content (AvgIpc) is 3.03. The molecule has 0 bridgehead atoms. The van der Waals surface area contributed by atoms with Crippen molar-refractivity contribution in [3.63, 3.8) is 0 Å². The van der Waals surface area contributed by atoms with Crippen LogP contribution in [0.3, 0.4) is 0 Å². The molecule has 1 saturated heterocycles. The highest BCUT2D eigenvalue weighted by atomic mass is 19.4. The summed E-state index contributed by atoms with van der Waals surface area (Å²) in [6.45, 7) is 5.10. The maximum atomic E-state index is 13.2. The molecule has 1 aliphatic rings. The minimum atomic E-state index is -4.51. The smallest absolute Gasteiger partial charge is 0.338 e. The van der Waals surface area contributed by atoms with E-state index in [9.17, 15) is 13.2 Å². The molecular weight excluding hydrogens is 309 g/mol. The SMILES string of the molecule is CCn1cc(-c2cc(C(F)(F)F)nc(N3CCNCC3)n2)cn1. The first-order chi connectivity index (χ1) is 11.0. The maximum Gasteiger partial charge on any atom is 0.433 e. The summed E-state index contributed by atoms with van der Waals surface area (Å²) in [7, 11) is 0. The Hall–Kier alpha value is -2.16. The highest BCUT2D eigenvalue weighted by Crippen LogP contribution is 2.31. The van der Waals surface area contributed by atoms with E-state index >= 15 is 0 Å². The predicted molar refractivity (Wildman–Crippen MR) is 79.0 cm³/mol. The van der Waals surface area contributed by atoms with E-state index < -0.39 is 11.9 Å². The van der Waals surface area contributed by atoms with Crippen LogP contribution in [0.4, 0.5) is 19.1 Å². The first-order valence-electron chi connectivity index (χ1n) is 7.42. The molecule has 3 rings (SSSR count). The second-order valence-corrected chi connectivity index (χ2v) is 5.26. The fraction of sp³-hybridized carbons (Fsp3) is 0.500. The molecule has 0 saturated carbocycles. The zero-order chi connectivity index (χ0) is 16.4. The summed E-state index contributed by atoms with van der Waals surface area (Å²) in [5.74, 6) is 0.112. The highest BCUT2D eigenvalue weighted by molar-refractivity contribution is 5.59. The lowest BCUT2D eigenvalue weighted by Gasteiger charge is -2.28. The standard InChI is InChI=1S/C14H17F3N6/c1-2-23-9-10(8-19-23)11-7-12(14(15,16)17)21-13(20-11)22-5-3-18-4-6-22/h7-9,18H,2-6H2,1H3. The Morgan fingerprint density at radius 3 is 2.57 bits per heavy atom. The van der Waals surface area contributed by atoms with Gasteiger partial charge >= 0.3 is 6.18 Å². The first-order valence-corrected chi connectivity index (χ1v) is 7.42. The number of aryl methyl sites for hydroxylation is 1. The van der Waals surface area contributed by atoms with Gasteiger partial charge in [0.25, 0.3) is 0 Å². The average molecular weight is 326 g/mol. The summed E-state index contributed by atoms with van der Waals surface area (Å²) < 4.78 is 41.1. The summed E-state index contributed by atoms with van der Waals surface area (Å²) in [4.78, 5) is 9.80. The number of hydrogen-bond donors (Lipinski definition) is 1. The third kappa shape index (κ3) is 3.44. The highest BCUT2D eigenvalue weighted by Gasteiger charge is 2.34. The Bertz CT molecular complexity index is 675. The summed E-state index contributed by atoms with van der Waals surface area (Å²) in [6.07, 6.45) is -1.31. The number of hydrogen-bond acceptors (Lipinski definition) is 5. The van der Waals surface area contributed by atoms with E-state index in [0.717, 1.165) is 6.07 Å². The Morgan fingerprint density at radius 2 is 1.96 bits per heavy atom. The molecular formula is C14H17F3N6. The topological polar surface area (TPSA) is 58.9 Å². The Kier molecular flexibility index (Phi) is 4.20. The van der Waals surface area contributed by atoms with Gasteiger partial charge in [-0.2, -0.15) is 18.3 Å². The van der Waals surface area contributed by atoms with Crippen LogP contribution in [0.2, 0.25) is 0 Å². The molecule has 1 fully saturated rings. The van der Waals surface area contributed by atoms with E-state index in [1.54, 1.807) is 15.8 Å². The van der Waals surface area contributed by atoms with Gasteiger partial charge in [-0.3, -0.25) is 4.68 Å². The van der Waals surface area contributed by atoms with Gasteiger partial charge in [0.1, 0.15) is 0 Å². The van der Waals surface area contributed by atoms with Crippen LogP contribution in [0.5, 0.6) is 0 Å². The van der Waals surface area contributed by atoms with Crippen LogP contribution >= 0.6 is 0 Å². The molecule has 0 aliphatic carbocycles. The second kappa shape index (κ2) is 6.15. The van der Waals surface area contributed by atoms with Crippen molar-refractivity contribution >= 4 is 5.95 Å². The van der Waals surface area contributed by atoms with Gasteiger partial charge in [0.05, 0.1) is 11.9 Å². The van der Waals surface area contributed by atoms with Gasteiger partial charge < -0.3 is 10.2 Å². The fourth-order valence-corrected chi connectivity index (χ4v) is 2.40. The number of aromatic nitrogens is 4. The van der Waals surface area contributed by atoms with E-state index in [-0.39, 0.29) is 11.6 Å². The molecule has 2 aromatic rings. The maximum absolute atomic E-state index is 13.2. The molecule has 0 amide bonds. The molecule has 1 N–H and O–H groups in total. The quantitative estimate of drug-likeness (QED) is 0.932. The van der Waals surface area contributed by atoms with Crippen LogP contribution in [0, 0.1) is 0 Å². The number of anilines is 1. The molecule has 3 heterocycles. The minimum absolute atomic E-state index is 0.112. The summed E-state index contributed by atoms with van der Waals surface area (Å²) >= 11 is 0. The zero-order valence-corrected chi connectivity index (χ0v) is 12.6. The molecule has 0 unspecified atom stereocenters. The zero-order valence-electron chi connectivity index (χ0n) is 12.6. The van der Waals surface area contributed by atoms with Crippen molar-refractivity contribution in [3.8, 4) is 11.3 Å². The van der Waals surface area contributed by atoms with Crippen molar-refractivity contribution in [2.75, 3.05) is 31.1 Å². The van der Waals surface area contributed by atoms with Crippen LogP contribution in [0.1, 0.15) is 12.6 Å². The number of rotatable bonds is 3. The van der Waals surface area contributed by atoms with E-state index in [4.69, 9.17) is 0 Å². The number of alkyl halides is 3. The van der Waals surface area contributed by atoms with Gasteiger partial charge in [-0.15, -0.1) is 0 Å². The molecule has 2 aromatic heterocycles. The van der Waals surface area contributed by atoms with Crippen molar-refractivity contribution in [2.24, 2.45) is 0 Å². The van der Waals surface area contributed by atoms with E-state index in [1.165, 1.54) is 6.20 Å². The molecule has 0 radical (unpaired) electrons. The molecule has 0 atom stereocenters. The summed E-state index contributed by atoms with van der Waals surface area (Å²) in [5, 5.41) is 7.25. The molecule has 6 nitrogen and oxygen atoms in total. The lowest BCUT2D eigenvalue weighted by Crippen LogP contribution is -2.44. The Morgan fingerprint density at radius 1 is 1.22 bits per heavy atom. The summed E-state index contributed by atoms with van der Waals surface area (Å²) in [6, 6.07) is 0.975. The van der Waals surface area contributed by atoms with Gasteiger partial charge in [-0.1, -0.05) is 0 Å². The van der Waals surface area contributed by atoms with E-state index in [2.05, 4.69) is 20.4 Å². The normalized spacial score (nSPS) is 15.9. The van der Waals surface area contributed by atoms with Crippen molar-refractivity contribution in [1.82, 2.24) is 25.1 Å². The Labute approximate surface area is 131 Å². The molecule has 1 aliphatic heterocycles. The van der Waals surface area contributed by atoms with Gasteiger partial charge in [-0.05, 0) is 13.0 Å². The van der Waals surface area contributed by atoms with Crippen LogP contribution in [-0.4, -0.2) is 45.9 Å². The molecule has 0 spiro atoms. The van der Waals surface area contributed by atoms with Gasteiger partial charge in [0.15, 0.2) is 5.69 Å². The third-order valence-electron chi connectivity index (χ3n) is 3.66. The van der Waals surface area contributed by atoms with E-state index in [1.807, 2.05) is 6.92 Å². The lowest BCUT2D eigenvalue weighted by molar-refractivity contribution is -0.141. The monoisotopic (exact) mass is 326 g/mol. The van der Waals surface area contributed by atoms with Crippen LogP contribution in [-0.2, 0) is 12.7 Å². The largest absolute Gasteiger partial charge is 0.433 e. The first kappa shape index (κ1) is 15.7. The van der Waals surface area contributed by atoms with Crippen molar-refractivity contribution in [1.29, 1.82) is 0 Å². The van der Waals surface area contributed by atoms with Crippen molar-refractivity contribution in [2.45, 2.75) is 19.6 Å².